The molecular weight excluding hydrogens is 236 g/mol. The molecule has 0 aromatic rings. The Labute approximate surface area is 117 Å². The Morgan fingerprint density at radius 3 is 2.42 bits per heavy atom. The van der Waals surface area contributed by atoms with Gasteiger partial charge in [0, 0.05) is 17.6 Å². The van der Waals surface area contributed by atoms with E-state index in [0.29, 0.717) is 0 Å². The van der Waals surface area contributed by atoms with E-state index >= 15 is 0 Å². The number of aliphatic hydroxyl groups is 1. The van der Waals surface area contributed by atoms with Gasteiger partial charge in [-0.3, -0.25) is 9.80 Å². The van der Waals surface area contributed by atoms with Crippen molar-refractivity contribution in [3.8, 4) is 0 Å². The first-order chi connectivity index (χ1) is 9.12. The highest BCUT2D eigenvalue weighted by Crippen LogP contribution is 2.58. The van der Waals surface area contributed by atoms with Crippen LogP contribution in [0.15, 0.2) is 0 Å². The van der Waals surface area contributed by atoms with Crippen molar-refractivity contribution in [1.82, 2.24) is 9.80 Å². The number of hydrogen-bond acceptors (Lipinski definition) is 3. The van der Waals surface area contributed by atoms with Crippen LogP contribution in [0.5, 0.6) is 0 Å². The van der Waals surface area contributed by atoms with Crippen molar-refractivity contribution in [2.24, 2.45) is 0 Å². The van der Waals surface area contributed by atoms with E-state index in [9.17, 15) is 5.11 Å². The second-order valence-corrected chi connectivity index (χ2v) is 7.55. The largest absolute Gasteiger partial charge is 0.391 e. The van der Waals surface area contributed by atoms with Crippen LogP contribution < -0.4 is 0 Å². The Bertz CT molecular complexity index is 383. The average Bonchev–Trinajstić information content (AvgIpc) is 2.73. The molecule has 4 heterocycles. The Hall–Kier alpha value is -0.120. The van der Waals surface area contributed by atoms with Gasteiger partial charge in [0.15, 0.2) is 0 Å². The number of fused-ring (bicyclic) bond motifs is 5. The van der Waals surface area contributed by atoms with Crippen LogP contribution in [0.2, 0.25) is 0 Å². The van der Waals surface area contributed by atoms with Crippen molar-refractivity contribution < 1.29 is 5.11 Å². The van der Waals surface area contributed by atoms with E-state index in [4.69, 9.17) is 0 Å². The SMILES string of the molecule is CN1[C@@H]2CCC[C@@]1([C@@]13CC[C@@H](CCC1O)N3C)CC2. The number of rotatable bonds is 1. The van der Waals surface area contributed by atoms with Crippen molar-refractivity contribution in [2.45, 2.75) is 87.1 Å². The zero-order chi connectivity index (χ0) is 13.3. The predicted octanol–water partition coefficient (Wildman–Crippen LogP) is 1.99. The van der Waals surface area contributed by atoms with Crippen LogP contribution in [-0.4, -0.2) is 58.3 Å². The standard InChI is InChI=1S/C16H28N2O/c1-17-12-4-3-9-15(17,10-7-12)16-11-8-13(18(16)2)5-6-14(16)19/h12-14,19H,3-11H2,1-2H3/t12-,13-,14?,15+,16-/m1/s1. The van der Waals surface area contributed by atoms with Crippen LogP contribution in [0.25, 0.3) is 0 Å². The van der Waals surface area contributed by atoms with E-state index in [1.165, 1.54) is 51.4 Å². The lowest BCUT2D eigenvalue weighted by molar-refractivity contribution is -0.138. The molecule has 4 saturated heterocycles. The van der Waals surface area contributed by atoms with E-state index in [1.807, 2.05) is 0 Å². The summed E-state index contributed by atoms with van der Waals surface area (Å²) >= 11 is 0. The molecule has 4 fully saturated rings. The fourth-order valence-electron chi connectivity index (χ4n) is 6.41. The molecule has 3 nitrogen and oxygen atoms in total. The maximum atomic E-state index is 10.9. The highest BCUT2D eigenvalue weighted by Gasteiger charge is 2.67. The molecule has 4 bridgehead atoms. The average molecular weight is 264 g/mol. The fourth-order valence-corrected chi connectivity index (χ4v) is 6.41. The molecular formula is C16H28N2O. The lowest BCUT2D eigenvalue weighted by atomic mass is 9.65. The van der Waals surface area contributed by atoms with Gasteiger partial charge in [0.25, 0.3) is 0 Å². The van der Waals surface area contributed by atoms with Crippen LogP contribution in [0.4, 0.5) is 0 Å². The summed E-state index contributed by atoms with van der Waals surface area (Å²) < 4.78 is 0. The second kappa shape index (κ2) is 3.96. The molecule has 0 radical (unpaired) electrons. The van der Waals surface area contributed by atoms with Crippen molar-refractivity contribution in [2.75, 3.05) is 14.1 Å². The topological polar surface area (TPSA) is 26.7 Å². The van der Waals surface area contributed by atoms with Gasteiger partial charge in [-0.15, -0.1) is 0 Å². The number of aliphatic hydroxyl groups excluding tert-OH is 1. The van der Waals surface area contributed by atoms with E-state index < -0.39 is 0 Å². The molecule has 0 saturated carbocycles. The summed E-state index contributed by atoms with van der Waals surface area (Å²) in [5.74, 6) is 0. The molecule has 0 spiro atoms. The van der Waals surface area contributed by atoms with Crippen molar-refractivity contribution in [3.05, 3.63) is 0 Å². The van der Waals surface area contributed by atoms with Gasteiger partial charge in [-0.1, -0.05) is 0 Å². The van der Waals surface area contributed by atoms with Crippen LogP contribution >= 0.6 is 0 Å². The number of hydrogen-bond donors (Lipinski definition) is 1. The minimum absolute atomic E-state index is 0.0554. The van der Waals surface area contributed by atoms with Crippen molar-refractivity contribution in [1.29, 1.82) is 0 Å². The molecule has 4 aliphatic heterocycles. The second-order valence-electron chi connectivity index (χ2n) is 7.55. The van der Waals surface area contributed by atoms with Crippen LogP contribution in [-0.2, 0) is 0 Å². The third-order valence-corrected chi connectivity index (χ3v) is 7.41. The molecule has 0 amide bonds. The number of likely N-dealkylation sites (N-methyl/N-ethyl adjacent to an activating group) is 2. The zero-order valence-corrected chi connectivity index (χ0v) is 12.4. The van der Waals surface area contributed by atoms with Crippen LogP contribution in [0.1, 0.15) is 57.8 Å². The Morgan fingerprint density at radius 1 is 0.842 bits per heavy atom. The van der Waals surface area contributed by atoms with Gasteiger partial charge in [0.05, 0.1) is 11.6 Å². The maximum Gasteiger partial charge on any atom is 0.0742 e. The smallest absolute Gasteiger partial charge is 0.0742 e. The van der Waals surface area contributed by atoms with Crippen molar-refractivity contribution in [3.63, 3.8) is 0 Å². The monoisotopic (exact) mass is 264 g/mol. The molecule has 3 heteroatoms. The van der Waals surface area contributed by atoms with E-state index in [-0.39, 0.29) is 17.2 Å². The summed E-state index contributed by atoms with van der Waals surface area (Å²) in [5.41, 5.74) is 0.319. The van der Waals surface area contributed by atoms with E-state index in [1.54, 1.807) is 0 Å². The maximum absolute atomic E-state index is 10.9. The van der Waals surface area contributed by atoms with Gasteiger partial charge < -0.3 is 5.11 Å². The molecule has 108 valence electrons. The summed E-state index contributed by atoms with van der Waals surface area (Å²) in [7, 11) is 4.64. The fraction of sp³-hybridized carbons (Fsp3) is 1.00. The molecule has 0 aliphatic carbocycles. The third kappa shape index (κ3) is 1.30. The minimum atomic E-state index is -0.115. The summed E-state index contributed by atoms with van der Waals surface area (Å²) in [6.07, 6.45) is 11.3. The van der Waals surface area contributed by atoms with Gasteiger partial charge in [-0.05, 0) is 71.9 Å². The van der Waals surface area contributed by atoms with Gasteiger partial charge in [0.2, 0.25) is 0 Å². The number of nitrogens with zero attached hydrogens (tertiary/aromatic N) is 2. The predicted molar refractivity (Wildman–Crippen MR) is 76.1 cm³/mol. The summed E-state index contributed by atoms with van der Waals surface area (Å²) in [6.45, 7) is 0. The summed E-state index contributed by atoms with van der Waals surface area (Å²) in [4.78, 5) is 5.29. The highest BCUT2D eigenvalue weighted by molar-refractivity contribution is 5.24. The lowest BCUT2D eigenvalue weighted by Gasteiger charge is -2.60. The van der Waals surface area contributed by atoms with E-state index in [2.05, 4.69) is 23.9 Å². The highest BCUT2D eigenvalue weighted by atomic mass is 16.3. The van der Waals surface area contributed by atoms with Crippen LogP contribution in [0, 0.1) is 0 Å². The minimum Gasteiger partial charge on any atom is -0.391 e. The Morgan fingerprint density at radius 2 is 1.58 bits per heavy atom. The first-order valence-electron chi connectivity index (χ1n) is 8.26. The molecule has 5 atom stereocenters. The molecule has 1 unspecified atom stereocenters. The molecule has 4 rings (SSSR count). The molecule has 0 aromatic carbocycles. The number of piperidine rings is 2. The molecule has 4 aliphatic rings. The summed E-state index contributed by atoms with van der Waals surface area (Å²) in [6, 6.07) is 1.51. The quantitative estimate of drug-likeness (QED) is 0.784. The van der Waals surface area contributed by atoms with Gasteiger partial charge >= 0.3 is 0 Å². The lowest BCUT2D eigenvalue weighted by Crippen LogP contribution is -2.73. The van der Waals surface area contributed by atoms with Gasteiger partial charge in [-0.2, -0.15) is 0 Å². The zero-order valence-electron chi connectivity index (χ0n) is 12.4. The normalized spacial score (nSPS) is 54.8. The molecule has 19 heavy (non-hydrogen) atoms. The van der Waals surface area contributed by atoms with Crippen molar-refractivity contribution >= 4 is 0 Å². The Balaban J connectivity index is 1.81. The van der Waals surface area contributed by atoms with Gasteiger partial charge in [0.1, 0.15) is 0 Å². The molecule has 1 N–H and O–H groups in total. The third-order valence-electron chi connectivity index (χ3n) is 7.41. The van der Waals surface area contributed by atoms with Gasteiger partial charge in [-0.25, -0.2) is 0 Å². The Kier molecular flexibility index (Phi) is 2.63. The molecule has 0 aromatic heterocycles. The van der Waals surface area contributed by atoms with E-state index in [0.717, 1.165) is 18.5 Å². The van der Waals surface area contributed by atoms with Crippen LogP contribution in [0.3, 0.4) is 0 Å². The first kappa shape index (κ1) is 12.6. The summed E-state index contributed by atoms with van der Waals surface area (Å²) in [5, 5.41) is 10.9. The first-order valence-corrected chi connectivity index (χ1v) is 8.26.